The summed E-state index contributed by atoms with van der Waals surface area (Å²) < 4.78 is 0. The number of carboxylic acids is 1. The van der Waals surface area contributed by atoms with Crippen molar-refractivity contribution in [3.8, 4) is 0 Å². The van der Waals surface area contributed by atoms with Crippen LogP contribution in [0.4, 0.5) is 0 Å². The van der Waals surface area contributed by atoms with Gasteiger partial charge in [-0.05, 0) is 27.7 Å². The normalized spacial score (nSPS) is 17.1. The number of carboxylic acid groups (broad SMARTS) is 1. The molecule has 10 nitrogen and oxygen atoms in total. The summed E-state index contributed by atoms with van der Waals surface area (Å²) in [7, 11) is 0. The van der Waals surface area contributed by atoms with E-state index in [4.69, 9.17) is 10.8 Å². The first-order chi connectivity index (χ1) is 10.5. The van der Waals surface area contributed by atoms with Gasteiger partial charge in [-0.25, -0.2) is 4.79 Å². The minimum atomic E-state index is -1.49. The molecule has 0 aliphatic carbocycles. The lowest BCUT2D eigenvalue weighted by molar-refractivity contribution is -0.145. The molecule has 0 heterocycles. The Hall–Kier alpha value is -2.20. The van der Waals surface area contributed by atoms with Crippen LogP contribution in [0.25, 0.3) is 0 Å². The first-order valence-corrected chi connectivity index (χ1v) is 7.05. The molecular formula is C13H24N4O6. The molecule has 0 aliphatic heterocycles. The molecule has 23 heavy (non-hydrogen) atoms. The Balaban J connectivity index is 4.59. The van der Waals surface area contributed by atoms with Crippen LogP contribution in [0.3, 0.4) is 0 Å². The second-order valence-electron chi connectivity index (χ2n) is 5.31. The standard InChI is InChI=1S/C13H24N4O6/c1-5(14)10(19)15-6(2)11(20)16-7(3)12(21)17-9(8(4)18)13(22)23/h5-9,18H,14H2,1-4H3,(H,15,19)(H,16,20)(H,17,21)(H,22,23)/t5-,6-,7-,8+,9-/m0/s1. The van der Waals surface area contributed by atoms with E-state index in [1.807, 2.05) is 0 Å². The van der Waals surface area contributed by atoms with E-state index in [1.165, 1.54) is 27.7 Å². The van der Waals surface area contributed by atoms with Crippen molar-refractivity contribution in [3.63, 3.8) is 0 Å². The number of aliphatic carboxylic acids is 1. The van der Waals surface area contributed by atoms with Gasteiger partial charge in [0.2, 0.25) is 17.7 Å². The zero-order valence-electron chi connectivity index (χ0n) is 13.5. The number of aliphatic hydroxyl groups excluding tert-OH is 1. The smallest absolute Gasteiger partial charge is 0.328 e. The third-order valence-electron chi connectivity index (χ3n) is 2.96. The van der Waals surface area contributed by atoms with Crippen LogP contribution in [0.15, 0.2) is 0 Å². The highest BCUT2D eigenvalue weighted by molar-refractivity contribution is 5.93. The van der Waals surface area contributed by atoms with Gasteiger partial charge in [0.15, 0.2) is 6.04 Å². The summed E-state index contributed by atoms with van der Waals surface area (Å²) in [5, 5.41) is 25.0. The summed E-state index contributed by atoms with van der Waals surface area (Å²) in [5.74, 6) is -3.34. The zero-order valence-corrected chi connectivity index (χ0v) is 13.5. The SMILES string of the molecule is C[C@H](N)C(=O)N[C@@H](C)C(=O)N[C@@H](C)C(=O)N[C@H](C(=O)O)[C@@H](C)O. The van der Waals surface area contributed by atoms with Crippen molar-refractivity contribution in [1.82, 2.24) is 16.0 Å². The Morgan fingerprint density at radius 3 is 1.57 bits per heavy atom. The zero-order chi connectivity index (χ0) is 18.3. The van der Waals surface area contributed by atoms with Crippen LogP contribution in [-0.4, -0.2) is 64.2 Å². The van der Waals surface area contributed by atoms with Crippen molar-refractivity contribution in [2.45, 2.75) is 58.0 Å². The maximum Gasteiger partial charge on any atom is 0.328 e. The predicted molar refractivity (Wildman–Crippen MR) is 80.1 cm³/mol. The molecule has 0 aromatic rings. The van der Waals surface area contributed by atoms with Crippen molar-refractivity contribution in [1.29, 1.82) is 0 Å². The number of amides is 3. The molecule has 0 fully saturated rings. The Bertz CT molecular complexity index is 465. The van der Waals surface area contributed by atoms with Gasteiger partial charge < -0.3 is 31.9 Å². The molecule has 0 unspecified atom stereocenters. The second-order valence-corrected chi connectivity index (χ2v) is 5.31. The Kier molecular flexibility index (Phi) is 8.19. The quantitative estimate of drug-likeness (QED) is 0.280. The van der Waals surface area contributed by atoms with E-state index < -0.39 is 54.0 Å². The molecule has 0 bridgehead atoms. The van der Waals surface area contributed by atoms with E-state index in [0.717, 1.165) is 0 Å². The van der Waals surface area contributed by atoms with E-state index >= 15 is 0 Å². The highest BCUT2D eigenvalue weighted by Crippen LogP contribution is 1.95. The van der Waals surface area contributed by atoms with Crippen LogP contribution < -0.4 is 21.7 Å². The summed E-state index contributed by atoms with van der Waals surface area (Å²) in [6.07, 6.45) is -1.30. The fourth-order valence-corrected chi connectivity index (χ4v) is 1.48. The summed E-state index contributed by atoms with van der Waals surface area (Å²) in [6.45, 7) is 5.43. The van der Waals surface area contributed by atoms with Crippen LogP contribution >= 0.6 is 0 Å². The second kappa shape index (κ2) is 9.06. The van der Waals surface area contributed by atoms with Crippen molar-refractivity contribution in [3.05, 3.63) is 0 Å². The molecule has 0 spiro atoms. The lowest BCUT2D eigenvalue weighted by atomic mass is 10.1. The van der Waals surface area contributed by atoms with E-state index in [1.54, 1.807) is 0 Å². The average molecular weight is 332 g/mol. The van der Waals surface area contributed by atoms with Gasteiger partial charge in [0.1, 0.15) is 12.1 Å². The highest BCUT2D eigenvalue weighted by atomic mass is 16.4. The first-order valence-electron chi connectivity index (χ1n) is 7.05. The van der Waals surface area contributed by atoms with Gasteiger partial charge in [0.05, 0.1) is 12.1 Å². The lowest BCUT2D eigenvalue weighted by Gasteiger charge is -2.22. The number of aliphatic hydroxyl groups is 1. The lowest BCUT2D eigenvalue weighted by Crippen LogP contribution is -2.56. The number of carbonyl (C=O) groups is 4. The van der Waals surface area contributed by atoms with Gasteiger partial charge in [-0.1, -0.05) is 0 Å². The van der Waals surface area contributed by atoms with Crippen LogP contribution in [-0.2, 0) is 19.2 Å². The fraction of sp³-hybridized carbons (Fsp3) is 0.692. The molecule has 0 saturated heterocycles. The molecule has 7 N–H and O–H groups in total. The maximum absolute atomic E-state index is 11.9. The van der Waals surface area contributed by atoms with E-state index in [2.05, 4.69) is 16.0 Å². The van der Waals surface area contributed by atoms with Crippen molar-refractivity contribution >= 4 is 23.7 Å². The largest absolute Gasteiger partial charge is 0.480 e. The summed E-state index contributed by atoms with van der Waals surface area (Å²) >= 11 is 0. The van der Waals surface area contributed by atoms with Gasteiger partial charge in [0.25, 0.3) is 0 Å². The van der Waals surface area contributed by atoms with Gasteiger partial charge in [0, 0.05) is 0 Å². The molecule has 5 atom stereocenters. The predicted octanol–water partition coefficient (Wildman–Crippen LogP) is -2.71. The van der Waals surface area contributed by atoms with Gasteiger partial charge in [-0.3, -0.25) is 14.4 Å². The molecule has 0 aromatic carbocycles. The van der Waals surface area contributed by atoms with Crippen molar-refractivity contribution in [2.75, 3.05) is 0 Å². The van der Waals surface area contributed by atoms with E-state index in [-0.39, 0.29) is 0 Å². The van der Waals surface area contributed by atoms with Gasteiger partial charge in [-0.2, -0.15) is 0 Å². The van der Waals surface area contributed by atoms with E-state index in [9.17, 15) is 24.3 Å². The minimum absolute atomic E-state index is 0.523. The number of nitrogens with one attached hydrogen (secondary N) is 3. The maximum atomic E-state index is 11.9. The third-order valence-corrected chi connectivity index (χ3v) is 2.96. The van der Waals surface area contributed by atoms with Crippen LogP contribution in [0.1, 0.15) is 27.7 Å². The van der Waals surface area contributed by atoms with Crippen molar-refractivity contribution in [2.24, 2.45) is 5.73 Å². The van der Waals surface area contributed by atoms with Gasteiger partial charge >= 0.3 is 5.97 Å². The topological polar surface area (TPSA) is 171 Å². The molecule has 0 aliphatic rings. The Labute approximate surface area is 133 Å². The molecule has 0 radical (unpaired) electrons. The Morgan fingerprint density at radius 2 is 1.22 bits per heavy atom. The molecule has 0 saturated carbocycles. The van der Waals surface area contributed by atoms with Crippen LogP contribution in [0.5, 0.6) is 0 Å². The monoisotopic (exact) mass is 332 g/mol. The number of hydrogen-bond donors (Lipinski definition) is 6. The summed E-state index contributed by atoms with van der Waals surface area (Å²) in [6, 6.07) is -4.25. The van der Waals surface area contributed by atoms with Crippen LogP contribution in [0, 0.1) is 0 Å². The average Bonchev–Trinajstić information content (AvgIpc) is 2.42. The van der Waals surface area contributed by atoms with Crippen LogP contribution in [0.2, 0.25) is 0 Å². The number of carbonyl (C=O) groups excluding carboxylic acids is 3. The molecule has 3 amide bonds. The minimum Gasteiger partial charge on any atom is -0.480 e. The molecular weight excluding hydrogens is 308 g/mol. The van der Waals surface area contributed by atoms with E-state index in [0.29, 0.717) is 0 Å². The van der Waals surface area contributed by atoms with Gasteiger partial charge in [-0.15, -0.1) is 0 Å². The number of hydrogen-bond acceptors (Lipinski definition) is 6. The number of nitrogens with two attached hydrogens (primary N) is 1. The first kappa shape index (κ1) is 20.8. The molecule has 132 valence electrons. The third kappa shape index (κ3) is 7.06. The molecule has 0 aromatic heterocycles. The number of rotatable bonds is 8. The Morgan fingerprint density at radius 1 is 0.826 bits per heavy atom. The fourth-order valence-electron chi connectivity index (χ4n) is 1.48. The summed E-state index contributed by atoms with van der Waals surface area (Å²) in [5.41, 5.74) is 5.36. The molecule has 10 heteroatoms. The highest BCUT2D eigenvalue weighted by Gasteiger charge is 2.28. The summed E-state index contributed by atoms with van der Waals surface area (Å²) in [4.78, 5) is 46.0. The van der Waals surface area contributed by atoms with Crippen molar-refractivity contribution < 1.29 is 29.4 Å². The molecule has 0 rings (SSSR count).